The van der Waals surface area contributed by atoms with Gasteiger partial charge in [0.25, 0.3) is 0 Å². The van der Waals surface area contributed by atoms with Crippen LogP contribution in [0.4, 0.5) is 4.39 Å². The molecule has 0 N–H and O–H groups in total. The summed E-state index contributed by atoms with van der Waals surface area (Å²) in [6.45, 7) is 5.16. The Kier molecular flexibility index (Phi) is 4.40. The van der Waals surface area contributed by atoms with Gasteiger partial charge in [-0.1, -0.05) is 30.3 Å². The quantitative estimate of drug-likeness (QED) is 0.628. The number of aldehydes is 1. The number of esters is 1. The molecule has 2 aromatic carbocycles. The van der Waals surface area contributed by atoms with Crippen molar-refractivity contribution in [3.8, 4) is 11.1 Å². The molecule has 0 bridgehead atoms. The van der Waals surface area contributed by atoms with E-state index in [4.69, 9.17) is 4.74 Å². The minimum Gasteiger partial charge on any atom is -0.456 e. The molecule has 0 amide bonds. The zero-order valence-electron chi connectivity index (χ0n) is 12.7. The Bertz CT molecular complexity index is 715. The fraction of sp³-hybridized carbons (Fsp3) is 0.222. The van der Waals surface area contributed by atoms with Gasteiger partial charge in [0.05, 0.1) is 5.56 Å². The number of hydrogen-bond donors (Lipinski definition) is 0. The second-order valence-corrected chi connectivity index (χ2v) is 5.90. The van der Waals surface area contributed by atoms with Crippen molar-refractivity contribution in [2.75, 3.05) is 0 Å². The average molecular weight is 300 g/mol. The average Bonchev–Trinajstić information content (AvgIpc) is 2.45. The number of carbonyl (C=O) groups is 2. The van der Waals surface area contributed by atoms with E-state index in [2.05, 4.69) is 0 Å². The molecule has 114 valence electrons. The third kappa shape index (κ3) is 3.58. The molecule has 0 unspecified atom stereocenters. The largest absolute Gasteiger partial charge is 0.456 e. The zero-order chi connectivity index (χ0) is 16.3. The molecule has 3 nitrogen and oxygen atoms in total. The van der Waals surface area contributed by atoms with Crippen molar-refractivity contribution in [1.29, 1.82) is 0 Å². The van der Waals surface area contributed by atoms with Gasteiger partial charge in [0.2, 0.25) is 0 Å². The summed E-state index contributed by atoms with van der Waals surface area (Å²) in [7, 11) is 0. The Morgan fingerprint density at radius 1 is 1.14 bits per heavy atom. The minimum absolute atomic E-state index is 0.123. The van der Waals surface area contributed by atoms with Gasteiger partial charge >= 0.3 is 5.97 Å². The number of benzene rings is 2. The van der Waals surface area contributed by atoms with Gasteiger partial charge in [0.1, 0.15) is 11.4 Å². The molecule has 0 spiro atoms. The summed E-state index contributed by atoms with van der Waals surface area (Å²) >= 11 is 0. The lowest BCUT2D eigenvalue weighted by Gasteiger charge is -2.19. The Labute approximate surface area is 128 Å². The predicted octanol–water partition coefficient (Wildman–Crippen LogP) is 4.26. The SMILES string of the molecule is CC(C)(C)OC(=O)c1ccc(-c2ccccc2C=O)cc1F. The summed E-state index contributed by atoms with van der Waals surface area (Å²) in [6.07, 6.45) is 0.717. The van der Waals surface area contributed by atoms with Crippen LogP contribution < -0.4 is 0 Å². The summed E-state index contributed by atoms with van der Waals surface area (Å²) in [6, 6.07) is 11.1. The number of halogens is 1. The first-order valence-electron chi connectivity index (χ1n) is 6.89. The summed E-state index contributed by atoms with van der Waals surface area (Å²) in [5.41, 5.74) is 0.806. The van der Waals surface area contributed by atoms with Crippen LogP contribution in [0, 0.1) is 5.82 Å². The fourth-order valence-corrected chi connectivity index (χ4v) is 2.04. The first-order chi connectivity index (χ1) is 10.3. The summed E-state index contributed by atoms with van der Waals surface area (Å²) < 4.78 is 19.4. The molecule has 0 saturated carbocycles. The van der Waals surface area contributed by atoms with Crippen LogP contribution >= 0.6 is 0 Å². The van der Waals surface area contributed by atoms with E-state index in [-0.39, 0.29) is 5.56 Å². The molecule has 0 saturated heterocycles. The van der Waals surface area contributed by atoms with Gasteiger partial charge in [-0.25, -0.2) is 9.18 Å². The summed E-state index contributed by atoms with van der Waals surface area (Å²) in [4.78, 5) is 23.0. The Balaban J connectivity index is 2.38. The lowest BCUT2D eigenvalue weighted by molar-refractivity contribution is 0.00647. The van der Waals surface area contributed by atoms with Crippen LogP contribution in [-0.2, 0) is 4.74 Å². The second-order valence-electron chi connectivity index (χ2n) is 5.90. The molecular formula is C18H17FO3. The van der Waals surface area contributed by atoms with Crippen LogP contribution in [0.3, 0.4) is 0 Å². The van der Waals surface area contributed by atoms with Gasteiger partial charge in [0.15, 0.2) is 6.29 Å². The molecule has 0 aliphatic carbocycles. The first kappa shape index (κ1) is 15.9. The van der Waals surface area contributed by atoms with Gasteiger partial charge < -0.3 is 4.74 Å². The highest BCUT2D eigenvalue weighted by Crippen LogP contribution is 2.25. The number of hydrogen-bond acceptors (Lipinski definition) is 3. The highest BCUT2D eigenvalue weighted by Gasteiger charge is 2.21. The fourth-order valence-electron chi connectivity index (χ4n) is 2.04. The van der Waals surface area contributed by atoms with E-state index >= 15 is 0 Å². The monoisotopic (exact) mass is 300 g/mol. The smallest absolute Gasteiger partial charge is 0.341 e. The van der Waals surface area contributed by atoms with Gasteiger partial charge in [0, 0.05) is 5.56 Å². The maximum absolute atomic E-state index is 14.2. The lowest BCUT2D eigenvalue weighted by atomic mass is 9.99. The van der Waals surface area contributed by atoms with E-state index in [0.717, 1.165) is 6.29 Å². The van der Waals surface area contributed by atoms with Crippen LogP contribution in [0.2, 0.25) is 0 Å². The maximum Gasteiger partial charge on any atom is 0.341 e. The number of rotatable bonds is 3. The van der Waals surface area contributed by atoms with E-state index in [1.807, 2.05) is 0 Å². The van der Waals surface area contributed by atoms with Crippen molar-refractivity contribution in [3.63, 3.8) is 0 Å². The first-order valence-corrected chi connectivity index (χ1v) is 6.89. The van der Waals surface area contributed by atoms with E-state index in [0.29, 0.717) is 16.7 Å². The predicted molar refractivity (Wildman–Crippen MR) is 82.4 cm³/mol. The van der Waals surface area contributed by atoms with Crippen molar-refractivity contribution >= 4 is 12.3 Å². The molecule has 0 atom stereocenters. The standard InChI is InChI=1S/C18H17FO3/c1-18(2,3)22-17(21)15-9-8-12(10-16(15)19)14-7-5-4-6-13(14)11-20/h4-11H,1-3H3. The summed E-state index contributed by atoms with van der Waals surface area (Å²) in [5.74, 6) is -1.38. The molecule has 2 aromatic rings. The van der Waals surface area contributed by atoms with Crippen molar-refractivity contribution < 1.29 is 18.7 Å². The van der Waals surface area contributed by atoms with Crippen molar-refractivity contribution in [2.45, 2.75) is 26.4 Å². The van der Waals surface area contributed by atoms with Crippen molar-refractivity contribution in [3.05, 3.63) is 59.4 Å². The van der Waals surface area contributed by atoms with Gasteiger partial charge in [-0.2, -0.15) is 0 Å². The zero-order valence-corrected chi connectivity index (χ0v) is 12.7. The Morgan fingerprint density at radius 2 is 1.82 bits per heavy atom. The van der Waals surface area contributed by atoms with Gasteiger partial charge in [-0.15, -0.1) is 0 Å². The molecule has 22 heavy (non-hydrogen) atoms. The molecule has 0 heterocycles. The second kappa shape index (κ2) is 6.10. The van der Waals surface area contributed by atoms with Crippen LogP contribution in [-0.4, -0.2) is 17.9 Å². The molecule has 0 aliphatic heterocycles. The Morgan fingerprint density at radius 3 is 2.41 bits per heavy atom. The lowest BCUT2D eigenvalue weighted by Crippen LogP contribution is -2.24. The maximum atomic E-state index is 14.2. The number of ether oxygens (including phenoxy) is 1. The van der Waals surface area contributed by atoms with Crippen molar-refractivity contribution in [1.82, 2.24) is 0 Å². The van der Waals surface area contributed by atoms with Crippen LogP contribution in [0.15, 0.2) is 42.5 Å². The highest BCUT2D eigenvalue weighted by atomic mass is 19.1. The van der Waals surface area contributed by atoms with Crippen LogP contribution in [0.5, 0.6) is 0 Å². The van der Waals surface area contributed by atoms with Gasteiger partial charge in [-0.3, -0.25) is 4.79 Å². The molecule has 2 rings (SSSR count). The Hall–Kier alpha value is -2.49. The summed E-state index contributed by atoms with van der Waals surface area (Å²) in [5, 5.41) is 0. The molecule has 0 radical (unpaired) electrons. The van der Waals surface area contributed by atoms with Crippen LogP contribution in [0.25, 0.3) is 11.1 Å². The van der Waals surface area contributed by atoms with Crippen molar-refractivity contribution in [2.24, 2.45) is 0 Å². The molecule has 0 aliphatic rings. The molecule has 0 fully saturated rings. The van der Waals surface area contributed by atoms with E-state index in [9.17, 15) is 14.0 Å². The van der Waals surface area contributed by atoms with Gasteiger partial charge in [-0.05, 0) is 44.0 Å². The normalized spacial score (nSPS) is 11.1. The third-order valence-corrected chi connectivity index (χ3v) is 2.99. The third-order valence-electron chi connectivity index (χ3n) is 2.99. The number of carbonyl (C=O) groups excluding carboxylic acids is 2. The van der Waals surface area contributed by atoms with E-state index < -0.39 is 17.4 Å². The van der Waals surface area contributed by atoms with Crippen LogP contribution in [0.1, 0.15) is 41.5 Å². The molecular weight excluding hydrogens is 283 g/mol. The topological polar surface area (TPSA) is 43.4 Å². The molecule has 0 aromatic heterocycles. The highest BCUT2D eigenvalue weighted by molar-refractivity contribution is 5.92. The molecule has 4 heteroatoms. The van der Waals surface area contributed by atoms with E-state index in [1.165, 1.54) is 12.1 Å². The van der Waals surface area contributed by atoms with E-state index in [1.54, 1.807) is 51.1 Å². The minimum atomic E-state index is -0.708.